The maximum absolute atomic E-state index is 12.8. The molecule has 0 bridgehead atoms. The van der Waals surface area contributed by atoms with Gasteiger partial charge in [-0.3, -0.25) is 10.1 Å². The summed E-state index contributed by atoms with van der Waals surface area (Å²) < 4.78 is 31.8. The van der Waals surface area contributed by atoms with E-state index in [1.165, 1.54) is 28.3 Å². The summed E-state index contributed by atoms with van der Waals surface area (Å²) in [6.45, 7) is 3.92. The molecule has 9 nitrogen and oxygen atoms in total. The lowest BCUT2D eigenvalue weighted by Crippen LogP contribution is -2.51. The number of urea groups is 1. The maximum Gasteiger partial charge on any atom is 0.323 e. The van der Waals surface area contributed by atoms with Gasteiger partial charge in [-0.25, -0.2) is 13.2 Å². The van der Waals surface area contributed by atoms with Crippen molar-refractivity contribution in [2.24, 2.45) is 0 Å². The molecule has 2 amide bonds. The molecule has 144 valence electrons. The normalized spacial score (nSPS) is 15.6. The van der Waals surface area contributed by atoms with Crippen LogP contribution in [0.15, 0.2) is 39.8 Å². The molecule has 27 heavy (non-hydrogen) atoms. The van der Waals surface area contributed by atoms with E-state index < -0.39 is 10.0 Å². The number of amides is 2. The van der Waals surface area contributed by atoms with E-state index in [1.807, 2.05) is 0 Å². The fourth-order valence-corrected chi connectivity index (χ4v) is 4.24. The zero-order valence-electron chi connectivity index (χ0n) is 15.0. The molecule has 2 aromatic rings. The third kappa shape index (κ3) is 4.17. The highest BCUT2D eigenvalue weighted by Gasteiger charge is 2.30. The SMILES string of the molecule is CC(=O)c1cccc(S(=O)(=O)N2CCN(C(=O)Nc3cc(C)on3)CC2)c1. The number of Topliss-reactive ketones (excluding diaryl/α,β-unsaturated/α-hetero) is 1. The van der Waals surface area contributed by atoms with Crippen molar-refractivity contribution in [2.45, 2.75) is 18.7 Å². The van der Waals surface area contributed by atoms with E-state index in [0.29, 0.717) is 17.1 Å². The minimum Gasteiger partial charge on any atom is -0.360 e. The Kier molecular flexibility index (Phi) is 5.29. The second-order valence-corrected chi connectivity index (χ2v) is 8.17. The maximum atomic E-state index is 12.8. The van der Waals surface area contributed by atoms with Crippen LogP contribution in [0.1, 0.15) is 23.0 Å². The molecule has 1 N–H and O–H groups in total. The van der Waals surface area contributed by atoms with Gasteiger partial charge < -0.3 is 9.42 Å². The Bertz CT molecular complexity index is 961. The van der Waals surface area contributed by atoms with E-state index in [0.717, 1.165) is 0 Å². The zero-order chi connectivity index (χ0) is 19.6. The van der Waals surface area contributed by atoms with E-state index in [2.05, 4.69) is 10.5 Å². The number of sulfonamides is 1. The molecule has 1 aliphatic heterocycles. The molecule has 0 saturated carbocycles. The standard InChI is InChI=1S/C17H20N4O5S/c1-12-10-16(19-26-12)18-17(23)20-6-8-21(9-7-20)27(24,25)15-5-3-4-14(11-15)13(2)22/h3-5,10-11H,6-9H2,1-2H3,(H,18,19,23). The topological polar surface area (TPSA) is 113 Å². The average Bonchev–Trinajstić information content (AvgIpc) is 3.06. The Morgan fingerprint density at radius 2 is 1.85 bits per heavy atom. The molecule has 2 heterocycles. The van der Waals surface area contributed by atoms with Crippen LogP contribution in [0, 0.1) is 6.92 Å². The molecule has 0 unspecified atom stereocenters. The van der Waals surface area contributed by atoms with Crippen molar-refractivity contribution >= 4 is 27.7 Å². The van der Waals surface area contributed by atoms with Gasteiger partial charge >= 0.3 is 6.03 Å². The molecular formula is C17H20N4O5S. The molecule has 1 aromatic heterocycles. The lowest BCUT2D eigenvalue weighted by molar-refractivity contribution is 0.101. The predicted molar refractivity (Wildman–Crippen MR) is 97.0 cm³/mol. The lowest BCUT2D eigenvalue weighted by Gasteiger charge is -2.33. The fraction of sp³-hybridized carbons (Fsp3) is 0.353. The van der Waals surface area contributed by atoms with Crippen molar-refractivity contribution < 1.29 is 22.5 Å². The first-order valence-electron chi connectivity index (χ1n) is 8.38. The van der Waals surface area contributed by atoms with E-state index in [9.17, 15) is 18.0 Å². The van der Waals surface area contributed by atoms with Crippen LogP contribution in [0.3, 0.4) is 0 Å². The molecule has 0 radical (unpaired) electrons. The number of benzene rings is 1. The van der Waals surface area contributed by atoms with Crippen molar-refractivity contribution in [1.29, 1.82) is 0 Å². The highest BCUT2D eigenvalue weighted by atomic mass is 32.2. The lowest BCUT2D eigenvalue weighted by atomic mass is 10.2. The second-order valence-electron chi connectivity index (χ2n) is 6.23. The molecule has 1 fully saturated rings. The number of carbonyl (C=O) groups excluding carboxylic acids is 2. The van der Waals surface area contributed by atoms with Gasteiger partial charge in [0, 0.05) is 37.8 Å². The quantitative estimate of drug-likeness (QED) is 0.793. The minimum absolute atomic E-state index is 0.0752. The van der Waals surface area contributed by atoms with Crippen LogP contribution in [0.4, 0.5) is 10.6 Å². The van der Waals surface area contributed by atoms with Crippen LogP contribution < -0.4 is 5.32 Å². The summed E-state index contributed by atoms with van der Waals surface area (Å²) in [4.78, 5) is 25.3. The number of hydrogen-bond acceptors (Lipinski definition) is 6. The smallest absolute Gasteiger partial charge is 0.323 e. The number of nitrogens with zero attached hydrogens (tertiary/aromatic N) is 3. The molecule has 0 atom stereocenters. The number of rotatable bonds is 4. The van der Waals surface area contributed by atoms with Gasteiger partial charge in [-0.1, -0.05) is 17.3 Å². The number of ketones is 1. The van der Waals surface area contributed by atoms with Crippen LogP contribution in [-0.2, 0) is 10.0 Å². The van der Waals surface area contributed by atoms with Crippen LogP contribution in [0.25, 0.3) is 0 Å². The molecule has 1 aromatic carbocycles. The van der Waals surface area contributed by atoms with Gasteiger partial charge in [0.15, 0.2) is 11.6 Å². The van der Waals surface area contributed by atoms with Crippen molar-refractivity contribution in [3.8, 4) is 0 Å². The van der Waals surface area contributed by atoms with Crippen LogP contribution >= 0.6 is 0 Å². The average molecular weight is 392 g/mol. The summed E-state index contributed by atoms with van der Waals surface area (Å²) >= 11 is 0. The molecule has 0 aliphatic carbocycles. The predicted octanol–water partition coefficient (Wildman–Crippen LogP) is 1.72. The van der Waals surface area contributed by atoms with Crippen molar-refractivity contribution in [3.63, 3.8) is 0 Å². The van der Waals surface area contributed by atoms with E-state index in [1.54, 1.807) is 25.1 Å². The number of aromatic nitrogens is 1. The Labute approximate surface area is 157 Å². The number of hydrogen-bond donors (Lipinski definition) is 1. The summed E-state index contributed by atoms with van der Waals surface area (Å²) in [5.41, 5.74) is 0.344. The summed E-state index contributed by atoms with van der Waals surface area (Å²) in [5.74, 6) is 0.694. The molecule has 1 aliphatic rings. The van der Waals surface area contributed by atoms with Crippen LogP contribution in [0.2, 0.25) is 0 Å². The van der Waals surface area contributed by atoms with Crippen LogP contribution in [0.5, 0.6) is 0 Å². The highest BCUT2D eigenvalue weighted by Crippen LogP contribution is 2.19. The summed E-state index contributed by atoms with van der Waals surface area (Å²) in [6.07, 6.45) is 0. The Balaban J connectivity index is 1.65. The monoisotopic (exact) mass is 392 g/mol. The molecule has 3 rings (SSSR count). The Morgan fingerprint density at radius 1 is 1.15 bits per heavy atom. The fourth-order valence-electron chi connectivity index (χ4n) is 2.77. The van der Waals surface area contributed by atoms with Gasteiger partial charge in [0.2, 0.25) is 10.0 Å². The largest absolute Gasteiger partial charge is 0.360 e. The van der Waals surface area contributed by atoms with E-state index in [-0.39, 0.29) is 42.9 Å². The number of piperazine rings is 1. The molecule has 1 saturated heterocycles. The summed E-state index contributed by atoms with van der Waals surface area (Å²) in [6, 6.07) is 7.21. The summed E-state index contributed by atoms with van der Waals surface area (Å²) in [5, 5.41) is 6.31. The van der Waals surface area contributed by atoms with Gasteiger partial charge in [-0.2, -0.15) is 4.31 Å². The molecule has 10 heteroatoms. The highest BCUT2D eigenvalue weighted by molar-refractivity contribution is 7.89. The third-order valence-corrected chi connectivity index (χ3v) is 6.16. The number of anilines is 1. The molecule has 0 spiro atoms. The van der Waals surface area contributed by atoms with Gasteiger partial charge in [0.05, 0.1) is 4.90 Å². The first-order chi connectivity index (χ1) is 12.8. The first-order valence-corrected chi connectivity index (χ1v) is 9.82. The minimum atomic E-state index is -3.73. The van der Waals surface area contributed by atoms with Gasteiger partial charge in [-0.05, 0) is 26.0 Å². The van der Waals surface area contributed by atoms with E-state index in [4.69, 9.17) is 4.52 Å². The van der Waals surface area contributed by atoms with Crippen molar-refractivity contribution in [1.82, 2.24) is 14.4 Å². The van der Waals surface area contributed by atoms with Crippen molar-refractivity contribution in [2.75, 3.05) is 31.5 Å². The van der Waals surface area contributed by atoms with Gasteiger partial charge in [-0.15, -0.1) is 0 Å². The van der Waals surface area contributed by atoms with Crippen molar-refractivity contribution in [3.05, 3.63) is 41.7 Å². The Hall–Kier alpha value is -2.72. The van der Waals surface area contributed by atoms with Gasteiger partial charge in [0.1, 0.15) is 5.76 Å². The number of carbonyl (C=O) groups is 2. The van der Waals surface area contributed by atoms with E-state index >= 15 is 0 Å². The number of nitrogens with one attached hydrogen (secondary N) is 1. The third-order valence-electron chi connectivity index (χ3n) is 4.27. The second kappa shape index (κ2) is 7.49. The Morgan fingerprint density at radius 3 is 2.44 bits per heavy atom. The molecular weight excluding hydrogens is 372 g/mol. The first kappa shape index (κ1) is 19.1. The van der Waals surface area contributed by atoms with Crippen LogP contribution in [-0.4, -0.2) is 60.8 Å². The number of aryl methyl sites for hydroxylation is 1. The van der Waals surface area contributed by atoms with Gasteiger partial charge in [0.25, 0.3) is 0 Å². The zero-order valence-corrected chi connectivity index (χ0v) is 15.8. The summed E-state index contributed by atoms with van der Waals surface area (Å²) in [7, 11) is -3.73.